The molecule has 1 aromatic heterocycles. The molecule has 0 bridgehead atoms. The van der Waals surface area contributed by atoms with E-state index in [1.165, 1.54) is 26.1 Å². The van der Waals surface area contributed by atoms with Gasteiger partial charge in [-0.2, -0.15) is 0 Å². The van der Waals surface area contributed by atoms with Crippen LogP contribution < -0.4 is 0 Å². The first-order valence-electron chi connectivity index (χ1n) is 4.20. The molecule has 6 nitrogen and oxygen atoms in total. The molecule has 0 saturated carbocycles. The van der Waals surface area contributed by atoms with Crippen molar-refractivity contribution in [2.75, 3.05) is 0 Å². The van der Waals surface area contributed by atoms with Crippen LogP contribution in [0.3, 0.4) is 0 Å². The van der Waals surface area contributed by atoms with Crippen LogP contribution in [0.2, 0.25) is 0 Å². The zero-order chi connectivity index (χ0) is 11.6. The highest BCUT2D eigenvalue weighted by Crippen LogP contribution is 2.23. The van der Waals surface area contributed by atoms with E-state index >= 15 is 0 Å². The summed E-state index contributed by atoms with van der Waals surface area (Å²) in [6.45, 7) is 2.90. The molecule has 0 saturated heterocycles. The van der Waals surface area contributed by atoms with E-state index in [1.54, 1.807) is 0 Å². The number of sulfone groups is 1. The number of hydrogen-bond donors (Lipinski definition) is 0. The fraction of sp³-hybridized carbons (Fsp3) is 0.375. The number of hydrogen-bond acceptors (Lipinski definition) is 5. The van der Waals surface area contributed by atoms with E-state index in [0.29, 0.717) is 0 Å². The standard InChI is InChI=1S/C8H10N2O4S/c1-6(2)15(13,14)8-7(10(11)12)4-3-5-9-8/h3-6H,1-2H3. The Hall–Kier alpha value is -1.50. The zero-order valence-corrected chi connectivity index (χ0v) is 9.06. The lowest BCUT2D eigenvalue weighted by atomic mass is 10.4. The van der Waals surface area contributed by atoms with Crippen LogP contribution in [-0.4, -0.2) is 23.6 Å². The van der Waals surface area contributed by atoms with E-state index in [0.717, 1.165) is 6.07 Å². The second-order valence-electron chi connectivity index (χ2n) is 3.18. The molecule has 1 heterocycles. The Labute approximate surface area is 87.0 Å². The maximum atomic E-state index is 11.7. The van der Waals surface area contributed by atoms with Gasteiger partial charge in [0.05, 0.1) is 10.2 Å². The Kier molecular flexibility index (Phi) is 3.04. The van der Waals surface area contributed by atoms with Gasteiger partial charge in [-0.05, 0) is 19.9 Å². The molecule has 0 radical (unpaired) electrons. The van der Waals surface area contributed by atoms with Crippen molar-refractivity contribution in [3.63, 3.8) is 0 Å². The molecule has 0 amide bonds. The van der Waals surface area contributed by atoms with E-state index in [4.69, 9.17) is 0 Å². The minimum Gasteiger partial charge on any atom is -0.258 e. The van der Waals surface area contributed by atoms with Crippen LogP contribution in [0, 0.1) is 10.1 Å². The summed E-state index contributed by atoms with van der Waals surface area (Å²) < 4.78 is 23.4. The summed E-state index contributed by atoms with van der Waals surface area (Å²) in [6, 6.07) is 2.46. The summed E-state index contributed by atoms with van der Waals surface area (Å²) >= 11 is 0. The summed E-state index contributed by atoms with van der Waals surface area (Å²) in [5.74, 6) is 0. The lowest BCUT2D eigenvalue weighted by Gasteiger charge is -2.06. The molecular weight excluding hydrogens is 220 g/mol. The molecule has 0 aliphatic rings. The summed E-state index contributed by atoms with van der Waals surface area (Å²) in [7, 11) is -3.71. The molecule has 7 heteroatoms. The molecule has 0 N–H and O–H groups in total. The topological polar surface area (TPSA) is 90.2 Å². The van der Waals surface area contributed by atoms with E-state index < -0.39 is 30.7 Å². The van der Waals surface area contributed by atoms with Gasteiger partial charge in [-0.25, -0.2) is 13.4 Å². The molecule has 0 aromatic carbocycles. The van der Waals surface area contributed by atoms with Crippen LogP contribution in [0.5, 0.6) is 0 Å². The second-order valence-corrected chi connectivity index (χ2v) is 5.60. The lowest BCUT2D eigenvalue weighted by molar-refractivity contribution is -0.388. The molecule has 82 valence electrons. The van der Waals surface area contributed by atoms with Crippen LogP contribution in [-0.2, 0) is 9.84 Å². The average molecular weight is 230 g/mol. The highest BCUT2D eigenvalue weighted by Gasteiger charge is 2.29. The molecule has 0 atom stereocenters. The molecule has 0 aliphatic carbocycles. The maximum absolute atomic E-state index is 11.7. The summed E-state index contributed by atoms with van der Waals surface area (Å²) in [6.07, 6.45) is 1.22. The Morgan fingerprint density at radius 1 is 1.47 bits per heavy atom. The first-order valence-corrected chi connectivity index (χ1v) is 5.75. The summed E-state index contributed by atoms with van der Waals surface area (Å²) in [4.78, 5) is 13.4. The van der Waals surface area contributed by atoms with Gasteiger partial charge in [0.2, 0.25) is 14.9 Å². The highest BCUT2D eigenvalue weighted by atomic mass is 32.2. The largest absolute Gasteiger partial charge is 0.306 e. The van der Waals surface area contributed by atoms with Crippen LogP contribution >= 0.6 is 0 Å². The van der Waals surface area contributed by atoms with E-state index in [9.17, 15) is 18.5 Å². The van der Waals surface area contributed by atoms with Gasteiger partial charge in [0, 0.05) is 12.3 Å². The molecular formula is C8H10N2O4S. The quantitative estimate of drug-likeness (QED) is 0.574. The molecule has 1 aromatic rings. The highest BCUT2D eigenvalue weighted by molar-refractivity contribution is 7.92. The van der Waals surface area contributed by atoms with Crippen molar-refractivity contribution in [3.05, 3.63) is 28.4 Å². The minimum atomic E-state index is -3.71. The van der Waals surface area contributed by atoms with E-state index in [2.05, 4.69) is 4.98 Å². The SMILES string of the molecule is CC(C)S(=O)(=O)c1ncccc1[N+](=O)[O-]. The normalized spacial score (nSPS) is 11.7. The van der Waals surface area contributed by atoms with Gasteiger partial charge in [-0.1, -0.05) is 0 Å². The van der Waals surface area contributed by atoms with Gasteiger partial charge >= 0.3 is 5.69 Å². The molecule has 0 fully saturated rings. The van der Waals surface area contributed by atoms with Crippen molar-refractivity contribution >= 4 is 15.5 Å². The van der Waals surface area contributed by atoms with Gasteiger partial charge in [0.15, 0.2) is 0 Å². The van der Waals surface area contributed by atoms with E-state index in [-0.39, 0.29) is 0 Å². The van der Waals surface area contributed by atoms with E-state index in [1.807, 2.05) is 0 Å². The van der Waals surface area contributed by atoms with Gasteiger partial charge in [-0.3, -0.25) is 10.1 Å². The molecule has 1 rings (SSSR count). The van der Waals surface area contributed by atoms with Crippen molar-refractivity contribution in [2.24, 2.45) is 0 Å². The Balaban J connectivity index is 3.45. The summed E-state index contributed by atoms with van der Waals surface area (Å²) in [5, 5.41) is 9.39. The first-order chi connectivity index (χ1) is 6.87. The van der Waals surface area contributed by atoms with Crippen LogP contribution in [0.15, 0.2) is 23.4 Å². The van der Waals surface area contributed by atoms with Crippen LogP contribution in [0.4, 0.5) is 5.69 Å². The Morgan fingerprint density at radius 2 is 2.07 bits per heavy atom. The summed E-state index contributed by atoms with van der Waals surface area (Å²) in [5.41, 5.74) is -0.480. The van der Waals surface area contributed by atoms with Gasteiger partial charge < -0.3 is 0 Å². The number of pyridine rings is 1. The third kappa shape index (κ3) is 2.12. The minimum absolute atomic E-state index is 0.468. The third-order valence-corrected chi connectivity index (χ3v) is 3.93. The van der Waals surface area contributed by atoms with Crippen molar-refractivity contribution in [1.82, 2.24) is 4.98 Å². The predicted molar refractivity (Wildman–Crippen MR) is 53.2 cm³/mol. The smallest absolute Gasteiger partial charge is 0.258 e. The molecule has 15 heavy (non-hydrogen) atoms. The molecule has 0 aliphatic heterocycles. The molecule has 0 unspecified atom stereocenters. The average Bonchev–Trinajstić information content (AvgIpc) is 2.17. The fourth-order valence-corrected chi connectivity index (χ4v) is 2.05. The zero-order valence-electron chi connectivity index (χ0n) is 8.25. The third-order valence-electron chi connectivity index (χ3n) is 1.84. The first kappa shape index (κ1) is 11.6. The lowest BCUT2D eigenvalue weighted by Crippen LogP contribution is -2.17. The number of rotatable bonds is 3. The number of nitrogens with zero attached hydrogens (tertiary/aromatic N) is 2. The molecule has 0 spiro atoms. The van der Waals surface area contributed by atoms with Gasteiger partial charge in [0.25, 0.3) is 0 Å². The van der Waals surface area contributed by atoms with Crippen molar-refractivity contribution in [2.45, 2.75) is 24.1 Å². The Morgan fingerprint density at radius 3 is 2.53 bits per heavy atom. The van der Waals surface area contributed by atoms with Gasteiger partial charge in [-0.15, -0.1) is 0 Å². The van der Waals surface area contributed by atoms with Gasteiger partial charge in [0.1, 0.15) is 0 Å². The Bertz CT molecular complexity index is 481. The maximum Gasteiger partial charge on any atom is 0.306 e. The predicted octanol–water partition coefficient (Wildman–Crippen LogP) is 1.17. The van der Waals surface area contributed by atoms with Crippen molar-refractivity contribution in [3.8, 4) is 0 Å². The van der Waals surface area contributed by atoms with Crippen molar-refractivity contribution < 1.29 is 13.3 Å². The number of nitro groups is 1. The monoisotopic (exact) mass is 230 g/mol. The van der Waals surface area contributed by atoms with Crippen LogP contribution in [0.25, 0.3) is 0 Å². The second kappa shape index (κ2) is 3.93. The van der Waals surface area contributed by atoms with Crippen molar-refractivity contribution in [1.29, 1.82) is 0 Å². The fourth-order valence-electron chi connectivity index (χ4n) is 0.964. The van der Waals surface area contributed by atoms with Crippen LogP contribution in [0.1, 0.15) is 13.8 Å². The number of aromatic nitrogens is 1.